The number of guanidine groups is 1. The molecule has 0 saturated heterocycles. The Morgan fingerprint density at radius 2 is 1.73 bits per heavy atom. The summed E-state index contributed by atoms with van der Waals surface area (Å²) in [7, 11) is 3.49. The third-order valence-corrected chi connectivity index (χ3v) is 4.40. The van der Waals surface area contributed by atoms with Crippen molar-refractivity contribution in [1.29, 1.82) is 0 Å². The lowest BCUT2D eigenvalue weighted by atomic mass is 10.2. The van der Waals surface area contributed by atoms with Crippen LogP contribution in [0.25, 0.3) is 0 Å². The molecule has 0 bridgehead atoms. The minimum absolute atomic E-state index is 0. The molecule has 1 unspecified atom stereocenters. The van der Waals surface area contributed by atoms with E-state index >= 15 is 0 Å². The van der Waals surface area contributed by atoms with Crippen LogP contribution in [-0.4, -0.2) is 46.4 Å². The maximum atomic E-state index is 5.81. The van der Waals surface area contributed by atoms with Crippen molar-refractivity contribution in [2.24, 2.45) is 10.9 Å². The zero-order valence-electron chi connectivity index (χ0n) is 18.2. The molecule has 166 valence electrons. The maximum absolute atomic E-state index is 5.81. The van der Waals surface area contributed by atoms with Gasteiger partial charge in [-0.1, -0.05) is 49.4 Å². The van der Waals surface area contributed by atoms with E-state index in [1.54, 1.807) is 14.2 Å². The Balaban J connectivity index is 0.00000450. The highest BCUT2D eigenvalue weighted by molar-refractivity contribution is 14.0. The summed E-state index contributed by atoms with van der Waals surface area (Å²) in [6.07, 6.45) is 0. The van der Waals surface area contributed by atoms with Crippen LogP contribution in [0.1, 0.15) is 18.1 Å². The Hall–Kier alpha value is -1.84. The van der Waals surface area contributed by atoms with E-state index in [1.807, 2.05) is 18.2 Å². The fourth-order valence-corrected chi connectivity index (χ4v) is 2.73. The van der Waals surface area contributed by atoms with Crippen LogP contribution in [0.15, 0.2) is 59.6 Å². The third-order valence-electron chi connectivity index (χ3n) is 4.40. The molecular weight excluding hydrogens is 491 g/mol. The number of halogens is 1. The summed E-state index contributed by atoms with van der Waals surface area (Å²) >= 11 is 0. The van der Waals surface area contributed by atoms with Gasteiger partial charge in [0.15, 0.2) is 5.96 Å². The molecule has 0 aliphatic rings. The van der Waals surface area contributed by atoms with E-state index < -0.39 is 0 Å². The van der Waals surface area contributed by atoms with Gasteiger partial charge in [0.1, 0.15) is 0 Å². The van der Waals surface area contributed by atoms with Crippen LogP contribution in [0, 0.1) is 5.92 Å². The second kappa shape index (κ2) is 15.9. The summed E-state index contributed by atoms with van der Waals surface area (Å²) in [4.78, 5) is 4.30. The quantitative estimate of drug-likeness (QED) is 0.170. The first kappa shape index (κ1) is 26.2. The predicted molar refractivity (Wildman–Crippen MR) is 136 cm³/mol. The van der Waals surface area contributed by atoms with E-state index in [2.05, 4.69) is 64.3 Å². The Morgan fingerprint density at radius 3 is 2.40 bits per heavy atom. The predicted octanol–water partition coefficient (Wildman–Crippen LogP) is 3.88. The van der Waals surface area contributed by atoms with Gasteiger partial charge in [0.05, 0.1) is 19.8 Å². The van der Waals surface area contributed by atoms with Crippen LogP contribution in [0.3, 0.4) is 0 Å². The van der Waals surface area contributed by atoms with Gasteiger partial charge in [-0.05, 0) is 29.2 Å². The molecular formula is C23H35IN4O2. The minimum Gasteiger partial charge on any atom is -0.383 e. The van der Waals surface area contributed by atoms with E-state index in [4.69, 9.17) is 9.47 Å². The summed E-state index contributed by atoms with van der Waals surface area (Å²) in [5.74, 6) is 1.18. The zero-order valence-corrected chi connectivity index (χ0v) is 20.5. The highest BCUT2D eigenvalue weighted by atomic mass is 127. The molecule has 30 heavy (non-hydrogen) atoms. The molecule has 1 atom stereocenters. The summed E-state index contributed by atoms with van der Waals surface area (Å²) in [5, 5.41) is 10.0. The van der Waals surface area contributed by atoms with Crippen molar-refractivity contribution in [2.75, 3.05) is 45.8 Å². The van der Waals surface area contributed by atoms with E-state index in [9.17, 15) is 0 Å². The number of hydrogen-bond acceptors (Lipinski definition) is 4. The number of nitrogens with one attached hydrogen (secondary N) is 3. The number of rotatable bonds is 12. The molecule has 7 heteroatoms. The van der Waals surface area contributed by atoms with Crippen LogP contribution in [-0.2, 0) is 22.6 Å². The molecule has 0 aromatic heterocycles. The zero-order chi connectivity index (χ0) is 20.7. The second-order valence-corrected chi connectivity index (χ2v) is 7.03. The topological polar surface area (TPSA) is 66.9 Å². The molecule has 2 aromatic rings. The molecule has 0 heterocycles. The van der Waals surface area contributed by atoms with Gasteiger partial charge in [0, 0.05) is 39.5 Å². The molecule has 3 N–H and O–H groups in total. The Kier molecular flexibility index (Phi) is 13.9. The molecule has 2 rings (SSSR count). The van der Waals surface area contributed by atoms with Gasteiger partial charge >= 0.3 is 0 Å². The number of methoxy groups -OCH3 is 1. The van der Waals surface area contributed by atoms with Crippen molar-refractivity contribution in [2.45, 2.75) is 20.1 Å². The first-order chi connectivity index (χ1) is 14.2. The van der Waals surface area contributed by atoms with Crippen LogP contribution in [0.4, 0.5) is 5.69 Å². The molecule has 2 aromatic carbocycles. The van der Waals surface area contributed by atoms with E-state index in [0.29, 0.717) is 25.7 Å². The maximum Gasteiger partial charge on any atom is 0.191 e. The van der Waals surface area contributed by atoms with Gasteiger partial charge in [-0.15, -0.1) is 24.0 Å². The Bertz CT molecular complexity index is 711. The highest BCUT2D eigenvalue weighted by Gasteiger charge is 2.05. The van der Waals surface area contributed by atoms with Gasteiger partial charge in [0.25, 0.3) is 0 Å². The SMILES string of the molecule is CN=C(NCc1ccc(NCCOC)cc1)NCC(C)COCc1ccccc1.I. The van der Waals surface area contributed by atoms with Crippen molar-refractivity contribution >= 4 is 35.6 Å². The molecule has 0 spiro atoms. The summed E-state index contributed by atoms with van der Waals surface area (Å²) in [6.45, 7) is 6.54. The average Bonchev–Trinajstić information content (AvgIpc) is 2.76. The first-order valence-corrected chi connectivity index (χ1v) is 10.1. The fraction of sp³-hybridized carbons (Fsp3) is 0.435. The molecule has 0 aliphatic carbocycles. The Labute approximate surface area is 197 Å². The van der Waals surface area contributed by atoms with Crippen molar-refractivity contribution in [1.82, 2.24) is 10.6 Å². The van der Waals surface area contributed by atoms with Gasteiger partial charge in [-0.3, -0.25) is 4.99 Å². The standard InChI is InChI=1S/C23H34N4O2.HI/c1-19(17-29-18-21-7-5-4-6-8-21)15-26-23(24-2)27-16-20-9-11-22(12-10-20)25-13-14-28-3;/h4-12,19,25H,13-18H2,1-3H3,(H2,24,26,27);1H. The van der Waals surface area contributed by atoms with Gasteiger partial charge in [0.2, 0.25) is 0 Å². The number of nitrogens with zero attached hydrogens (tertiary/aromatic N) is 1. The number of anilines is 1. The van der Waals surface area contributed by atoms with Crippen LogP contribution >= 0.6 is 24.0 Å². The third kappa shape index (κ3) is 10.8. The van der Waals surface area contributed by atoms with Crippen molar-refractivity contribution < 1.29 is 9.47 Å². The fourth-order valence-electron chi connectivity index (χ4n) is 2.73. The molecule has 0 aliphatic heterocycles. The smallest absolute Gasteiger partial charge is 0.191 e. The van der Waals surface area contributed by atoms with Gasteiger partial charge in [-0.25, -0.2) is 0 Å². The van der Waals surface area contributed by atoms with Crippen molar-refractivity contribution in [3.63, 3.8) is 0 Å². The van der Waals surface area contributed by atoms with Crippen molar-refractivity contribution in [3.05, 3.63) is 65.7 Å². The van der Waals surface area contributed by atoms with Gasteiger partial charge in [-0.2, -0.15) is 0 Å². The average molecular weight is 526 g/mol. The molecule has 0 saturated carbocycles. The van der Waals surface area contributed by atoms with Crippen LogP contribution in [0.2, 0.25) is 0 Å². The monoisotopic (exact) mass is 526 g/mol. The van der Waals surface area contributed by atoms with E-state index in [0.717, 1.165) is 31.3 Å². The highest BCUT2D eigenvalue weighted by Crippen LogP contribution is 2.09. The molecule has 6 nitrogen and oxygen atoms in total. The summed E-state index contributed by atoms with van der Waals surface area (Å²) < 4.78 is 10.9. The number of ether oxygens (including phenoxy) is 2. The minimum atomic E-state index is 0. The van der Waals surface area contributed by atoms with Crippen molar-refractivity contribution in [3.8, 4) is 0 Å². The number of aliphatic imine (C=N–C) groups is 1. The first-order valence-electron chi connectivity index (χ1n) is 10.1. The summed E-state index contributed by atoms with van der Waals surface area (Å²) in [6, 6.07) is 18.6. The number of benzene rings is 2. The Morgan fingerprint density at radius 1 is 1.00 bits per heavy atom. The normalized spacial score (nSPS) is 12.0. The lowest BCUT2D eigenvalue weighted by Crippen LogP contribution is -2.39. The van der Waals surface area contributed by atoms with E-state index in [-0.39, 0.29) is 24.0 Å². The lowest BCUT2D eigenvalue weighted by molar-refractivity contribution is 0.0931. The molecule has 0 amide bonds. The van der Waals surface area contributed by atoms with Crippen LogP contribution < -0.4 is 16.0 Å². The van der Waals surface area contributed by atoms with Gasteiger partial charge < -0.3 is 25.4 Å². The lowest BCUT2D eigenvalue weighted by Gasteiger charge is -2.16. The molecule has 0 radical (unpaired) electrons. The van der Waals surface area contributed by atoms with E-state index in [1.165, 1.54) is 11.1 Å². The second-order valence-electron chi connectivity index (χ2n) is 7.03. The number of hydrogen-bond donors (Lipinski definition) is 3. The molecule has 0 fully saturated rings. The van der Waals surface area contributed by atoms with Crippen LogP contribution in [0.5, 0.6) is 0 Å². The largest absolute Gasteiger partial charge is 0.383 e. The summed E-state index contributed by atoms with van der Waals surface area (Å²) in [5.41, 5.74) is 3.49.